The highest BCUT2D eigenvalue weighted by Gasteiger charge is 2.30. The van der Waals surface area contributed by atoms with Crippen molar-refractivity contribution < 1.29 is 19.9 Å². The number of non-ortho nitro benzene ring substituents is 1. The van der Waals surface area contributed by atoms with Gasteiger partial charge >= 0.3 is 11.4 Å². The molecule has 2 aromatic carbocycles. The molecule has 0 aromatic heterocycles. The summed E-state index contributed by atoms with van der Waals surface area (Å²) in [6.07, 6.45) is 5.65. The number of aromatic hydroxyl groups is 1. The third-order valence-corrected chi connectivity index (χ3v) is 6.61. The molecule has 4 rings (SSSR count). The van der Waals surface area contributed by atoms with E-state index >= 15 is 0 Å². The van der Waals surface area contributed by atoms with Crippen molar-refractivity contribution in [1.82, 2.24) is 10.0 Å². The normalized spacial score (nSPS) is 16.2. The maximum atomic E-state index is 10.4. The average Bonchev–Trinajstić information content (AvgIpc) is 3.18. The number of rotatable bonds is 5. The summed E-state index contributed by atoms with van der Waals surface area (Å²) in [6.45, 7) is 5.20. The molecule has 39 heavy (non-hydrogen) atoms. The standard InChI is InChI=1S/C18H24N4S.C6H3N3O7/c1-3-14-8-10-15(11-9-14)17-13(2)23-22-18(21-17)20-16-7-5-4-6-12-19-16;10-6-4(8(13)14)1-3(7(11)12)2-5(6)9(15)16/h8-11H,3-7,12H2,1-2H3,(H2,19,20,21,22);1-2,10H. The molecule has 2 aromatic rings. The van der Waals surface area contributed by atoms with Crippen molar-refractivity contribution in [3.63, 3.8) is 0 Å². The van der Waals surface area contributed by atoms with Crippen molar-refractivity contribution in [2.24, 2.45) is 9.98 Å². The van der Waals surface area contributed by atoms with Crippen LogP contribution in [-0.4, -0.2) is 38.2 Å². The highest BCUT2D eigenvalue weighted by atomic mass is 32.2. The third-order valence-electron chi connectivity index (χ3n) is 5.80. The topological polar surface area (TPSA) is 198 Å². The molecule has 206 valence electrons. The van der Waals surface area contributed by atoms with Gasteiger partial charge in [-0.2, -0.15) is 4.99 Å². The van der Waals surface area contributed by atoms with E-state index < -0.39 is 37.6 Å². The SMILES string of the molecule is CCc1ccc(C2=C(C)SNC(=NC3=NCCCCC3)N2)cc1.O=[N+]([O-])c1cc([N+](=O)[O-])c(O)c([N+](=O)[O-])c1. The van der Waals surface area contributed by atoms with E-state index in [1.54, 1.807) is 11.9 Å². The Balaban J connectivity index is 0.000000231. The van der Waals surface area contributed by atoms with E-state index in [1.807, 2.05) is 0 Å². The van der Waals surface area contributed by atoms with Crippen LogP contribution in [0.15, 0.2) is 51.3 Å². The van der Waals surface area contributed by atoms with Crippen molar-refractivity contribution in [3.8, 4) is 5.75 Å². The average molecular weight is 558 g/mol. The number of aryl methyl sites for hydroxylation is 1. The second-order valence-electron chi connectivity index (χ2n) is 8.48. The summed E-state index contributed by atoms with van der Waals surface area (Å²) in [5.41, 5.74) is 0.682. The number of hydrogen-bond donors (Lipinski definition) is 3. The van der Waals surface area contributed by atoms with Crippen LogP contribution in [0.4, 0.5) is 17.1 Å². The quantitative estimate of drug-likeness (QED) is 0.249. The smallest absolute Gasteiger partial charge is 0.324 e. The highest BCUT2D eigenvalue weighted by Crippen LogP contribution is 2.39. The molecular formula is C24H27N7O7S. The lowest BCUT2D eigenvalue weighted by Gasteiger charge is -2.22. The van der Waals surface area contributed by atoms with Crippen LogP contribution in [0.3, 0.4) is 0 Å². The van der Waals surface area contributed by atoms with Gasteiger partial charge in [0.25, 0.3) is 11.4 Å². The van der Waals surface area contributed by atoms with Crippen LogP contribution in [-0.2, 0) is 6.42 Å². The number of nitro benzene ring substituents is 3. The fraction of sp³-hybridized carbons (Fsp3) is 0.333. The van der Waals surface area contributed by atoms with Crippen LogP contribution in [0.2, 0.25) is 0 Å². The largest absolute Gasteiger partial charge is 0.497 e. The minimum atomic E-state index is -1.21. The molecule has 0 atom stereocenters. The molecule has 0 amide bonds. The summed E-state index contributed by atoms with van der Waals surface area (Å²) in [7, 11) is 0. The fourth-order valence-corrected chi connectivity index (χ4v) is 4.31. The molecule has 2 aliphatic rings. The van der Waals surface area contributed by atoms with Gasteiger partial charge in [-0.25, -0.2) is 0 Å². The first-order chi connectivity index (χ1) is 18.6. The number of amidine groups is 1. The number of guanidine groups is 1. The first kappa shape index (κ1) is 29.0. The zero-order chi connectivity index (χ0) is 28.5. The summed E-state index contributed by atoms with van der Waals surface area (Å²) in [4.78, 5) is 38.3. The number of aliphatic imine (C=N–C) groups is 2. The number of nitrogens with zero attached hydrogens (tertiary/aromatic N) is 5. The van der Waals surface area contributed by atoms with Crippen molar-refractivity contribution in [1.29, 1.82) is 0 Å². The van der Waals surface area contributed by atoms with Gasteiger partial charge in [0, 0.05) is 17.9 Å². The molecule has 0 fully saturated rings. The Kier molecular flexibility index (Phi) is 9.92. The van der Waals surface area contributed by atoms with Gasteiger partial charge in [-0.05, 0) is 49.3 Å². The molecule has 0 aliphatic carbocycles. The maximum absolute atomic E-state index is 10.4. The van der Waals surface area contributed by atoms with Gasteiger partial charge in [0.1, 0.15) is 5.84 Å². The van der Waals surface area contributed by atoms with Gasteiger partial charge in [0.15, 0.2) is 0 Å². The molecule has 0 unspecified atom stereocenters. The molecule has 0 saturated carbocycles. The van der Waals surface area contributed by atoms with E-state index in [1.165, 1.54) is 35.3 Å². The van der Waals surface area contributed by atoms with Crippen molar-refractivity contribution in [3.05, 3.63) is 82.8 Å². The summed E-state index contributed by atoms with van der Waals surface area (Å²) >= 11 is 1.61. The predicted molar refractivity (Wildman–Crippen MR) is 149 cm³/mol. The van der Waals surface area contributed by atoms with Crippen LogP contribution >= 0.6 is 11.9 Å². The van der Waals surface area contributed by atoms with E-state index in [4.69, 9.17) is 5.11 Å². The molecule has 3 N–H and O–H groups in total. The van der Waals surface area contributed by atoms with E-state index in [0.717, 1.165) is 36.9 Å². The lowest BCUT2D eigenvalue weighted by Crippen LogP contribution is -2.36. The second kappa shape index (κ2) is 13.3. The van der Waals surface area contributed by atoms with E-state index in [9.17, 15) is 30.3 Å². The summed E-state index contributed by atoms with van der Waals surface area (Å²) in [5.74, 6) is 0.537. The molecule has 2 heterocycles. The Morgan fingerprint density at radius 3 is 2.21 bits per heavy atom. The molecule has 15 heteroatoms. The lowest BCUT2D eigenvalue weighted by molar-refractivity contribution is -0.404. The Hall–Kier alpha value is -4.53. The zero-order valence-electron chi connectivity index (χ0n) is 21.2. The second-order valence-corrected chi connectivity index (χ2v) is 9.50. The Bertz CT molecular complexity index is 1320. The van der Waals surface area contributed by atoms with Crippen molar-refractivity contribution in [2.45, 2.75) is 46.0 Å². The number of phenolic OH excluding ortho intramolecular Hbond substituents is 1. The van der Waals surface area contributed by atoms with Crippen LogP contribution in [0.25, 0.3) is 5.70 Å². The molecule has 0 bridgehead atoms. The van der Waals surface area contributed by atoms with Gasteiger partial charge in [0.05, 0.1) is 32.6 Å². The van der Waals surface area contributed by atoms with Crippen molar-refractivity contribution in [2.75, 3.05) is 6.54 Å². The summed E-state index contributed by atoms with van der Waals surface area (Å²) in [5, 5.41) is 43.7. The Labute approximate surface area is 227 Å². The molecule has 0 spiro atoms. The maximum Gasteiger partial charge on any atom is 0.324 e. The van der Waals surface area contributed by atoms with Gasteiger partial charge in [-0.15, -0.1) is 0 Å². The van der Waals surface area contributed by atoms with Crippen molar-refractivity contribution >= 4 is 46.5 Å². The van der Waals surface area contributed by atoms with Crippen LogP contribution < -0.4 is 10.0 Å². The monoisotopic (exact) mass is 557 g/mol. The number of hydrogen-bond acceptors (Lipinski definition) is 10. The Morgan fingerprint density at radius 1 is 1.00 bits per heavy atom. The minimum absolute atomic E-state index is 0.447. The van der Waals surface area contributed by atoms with Gasteiger partial charge in [-0.3, -0.25) is 40.1 Å². The van der Waals surface area contributed by atoms with Crippen LogP contribution in [0, 0.1) is 30.3 Å². The number of allylic oxidation sites excluding steroid dienone is 1. The first-order valence-electron chi connectivity index (χ1n) is 12.0. The first-order valence-corrected chi connectivity index (χ1v) is 12.8. The van der Waals surface area contributed by atoms with E-state index in [2.05, 4.69) is 58.1 Å². The Morgan fingerprint density at radius 2 is 1.64 bits per heavy atom. The molecule has 0 saturated heterocycles. The van der Waals surface area contributed by atoms with Gasteiger partial charge in [-0.1, -0.05) is 37.6 Å². The molecular weight excluding hydrogens is 530 g/mol. The van der Waals surface area contributed by atoms with E-state index in [0.29, 0.717) is 12.1 Å². The highest BCUT2D eigenvalue weighted by molar-refractivity contribution is 8.02. The number of nitrogens with one attached hydrogen (secondary N) is 2. The van der Waals surface area contributed by atoms with E-state index in [-0.39, 0.29) is 0 Å². The van der Waals surface area contributed by atoms with Crippen LogP contribution in [0.1, 0.15) is 50.7 Å². The number of phenols is 1. The third kappa shape index (κ3) is 7.73. The summed E-state index contributed by atoms with van der Waals surface area (Å²) < 4.78 is 3.28. The number of benzene rings is 2. The number of nitro groups is 3. The van der Waals surface area contributed by atoms with Crippen LogP contribution in [0.5, 0.6) is 5.75 Å². The molecule has 0 radical (unpaired) electrons. The summed E-state index contributed by atoms with van der Waals surface area (Å²) in [6, 6.07) is 9.63. The molecule has 2 aliphatic heterocycles. The zero-order valence-corrected chi connectivity index (χ0v) is 22.1. The lowest BCUT2D eigenvalue weighted by atomic mass is 10.1. The fourth-order valence-electron chi connectivity index (χ4n) is 3.69. The molecule has 14 nitrogen and oxygen atoms in total. The minimum Gasteiger partial charge on any atom is -0.497 e. The van der Waals surface area contributed by atoms with Gasteiger partial charge < -0.3 is 10.4 Å². The predicted octanol–water partition coefficient (Wildman–Crippen LogP) is 5.22. The van der Waals surface area contributed by atoms with Gasteiger partial charge in [0.2, 0.25) is 5.96 Å².